The maximum Gasteiger partial charge on any atom is 0.552 e. The van der Waals surface area contributed by atoms with Crippen LogP contribution >= 0.6 is 0 Å². The number of allylic oxidation sites excluding steroid dienone is 1. The molecule has 0 amide bonds. The average Bonchev–Trinajstić information content (AvgIpc) is 2.76. The SMILES string of the molecule is Cc1cnc(Nc2ccc3c(c2)C(C(C)C)=CB(O)O3)nc1NC1COCCC1C#N. The van der Waals surface area contributed by atoms with Gasteiger partial charge in [0, 0.05) is 29.6 Å². The predicted octanol–water partition coefficient (Wildman–Crippen LogP) is 3.32. The second kappa shape index (κ2) is 8.96. The minimum atomic E-state index is -0.932. The van der Waals surface area contributed by atoms with Crippen molar-refractivity contribution in [2.75, 3.05) is 23.8 Å². The normalized spacial score (nSPS) is 20.4. The summed E-state index contributed by atoms with van der Waals surface area (Å²) in [6.07, 6.45) is 2.46. The van der Waals surface area contributed by atoms with Crippen molar-refractivity contribution < 1.29 is 14.4 Å². The minimum absolute atomic E-state index is 0.105. The van der Waals surface area contributed by atoms with E-state index in [1.165, 1.54) is 0 Å². The molecule has 1 aromatic heterocycles. The van der Waals surface area contributed by atoms with Crippen molar-refractivity contribution in [3.8, 4) is 11.8 Å². The number of nitrogens with one attached hydrogen (secondary N) is 2. The van der Waals surface area contributed by atoms with E-state index in [0.29, 0.717) is 37.2 Å². The fourth-order valence-corrected chi connectivity index (χ4v) is 3.83. The number of aromatic nitrogens is 2. The zero-order valence-electron chi connectivity index (χ0n) is 17.9. The van der Waals surface area contributed by atoms with E-state index in [1.807, 2.05) is 25.1 Å². The molecular formula is C22H26BN5O3. The third-order valence-corrected chi connectivity index (χ3v) is 5.55. The zero-order chi connectivity index (χ0) is 22.0. The largest absolute Gasteiger partial charge is 0.552 e. The predicted molar refractivity (Wildman–Crippen MR) is 120 cm³/mol. The van der Waals surface area contributed by atoms with Gasteiger partial charge in [0.1, 0.15) is 11.6 Å². The summed E-state index contributed by atoms with van der Waals surface area (Å²) < 4.78 is 11.1. The molecule has 2 unspecified atom stereocenters. The molecule has 1 saturated heterocycles. The quantitative estimate of drug-likeness (QED) is 0.633. The maximum absolute atomic E-state index is 9.94. The number of hydrogen-bond donors (Lipinski definition) is 3. The lowest BCUT2D eigenvalue weighted by atomic mass is 9.78. The second-order valence-electron chi connectivity index (χ2n) is 8.20. The third-order valence-electron chi connectivity index (χ3n) is 5.55. The number of anilines is 3. The van der Waals surface area contributed by atoms with Gasteiger partial charge < -0.3 is 25.0 Å². The van der Waals surface area contributed by atoms with Gasteiger partial charge in [0.05, 0.1) is 24.6 Å². The van der Waals surface area contributed by atoms with Crippen LogP contribution < -0.4 is 15.3 Å². The Morgan fingerprint density at radius 1 is 1.35 bits per heavy atom. The first kappa shape index (κ1) is 21.2. The lowest BCUT2D eigenvalue weighted by Crippen LogP contribution is -2.38. The van der Waals surface area contributed by atoms with Crippen molar-refractivity contribution in [1.29, 1.82) is 5.26 Å². The molecule has 2 atom stereocenters. The molecular weight excluding hydrogens is 393 g/mol. The van der Waals surface area contributed by atoms with Crippen molar-refractivity contribution >= 4 is 30.1 Å². The van der Waals surface area contributed by atoms with Gasteiger partial charge in [-0.15, -0.1) is 0 Å². The molecule has 9 heteroatoms. The van der Waals surface area contributed by atoms with Crippen LogP contribution in [0.1, 0.15) is 31.4 Å². The number of hydrogen-bond acceptors (Lipinski definition) is 8. The zero-order valence-corrected chi connectivity index (χ0v) is 17.9. The highest BCUT2D eigenvalue weighted by Crippen LogP contribution is 2.37. The topological polar surface area (TPSA) is 112 Å². The molecule has 0 spiro atoms. The number of rotatable bonds is 5. The van der Waals surface area contributed by atoms with Crippen molar-refractivity contribution in [3.05, 3.63) is 41.5 Å². The van der Waals surface area contributed by atoms with E-state index in [9.17, 15) is 10.3 Å². The van der Waals surface area contributed by atoms with Crippen molar-refractivity contribution in [3.63, 3.8) is 0 Å². The first-order chi connectivity index (χ1) is 14.9. The summed E-state index contributed by atoms with van der Waals surface area (Å²) in [5.74, 6) is 3.64. The van der Waals surface area contributed by atoms with E-state index in [0.717, 1.165) is 22.4 Å². The molecule has 2 aromatic rings. The van der Waals surface area contributed by atoms with E-state index in [4.69, 9.17) is 9.39 Å². The van der Waals surface area contributed by atoms with E-state index in [1.54, 1.807) is 12.2 Å². The Balaban J connectivity index is 1.56. The van der Waals surface area contributed by atoms with Crippen LogP contribution in [0, 0.1) is 30.1 Å². The Morgan fingerprint density at radius 3 is 2.97 bits per heavy atom. The highest BCUT2D eigenvalue weighted by molar-refractivity contribution is 6.52. The van der Waals surface area contributed by atoms with Gasteiger partial charge in [-0.2, -0.15) is 10.2 Å². The molecule has 0 saturated carbocycles. The van der Waals surface area contributed by atoms with Crippen molar-refractivity contribution in [2.45, 2.75) is 33.2 Å². The van der Waals surface area contributed by atoms with Gasteiger partial charge in [0.2, 0.25) is 5.95 Å². The van der Waals surface area contributed by atoms with Crippen molar-refractivity contribution in [1.82, 2.24) is 9.97 Å². The minimum Gasteiger partial charge on any atom is -0.532 e. The summed E-state index contributed by atoms with van der Waals surface area (Å²) in [5, 5.41) is 26.0. The first-order valence-corrected chi connectivity index (χ1v) is 10.5. The standard InChI is InChI=1S/C22H26BN5O3/c1-13(2)18-9-23(29)31-20-5-4-16(8-17(18)20)26-22-25-11-14(3)21(28-22)27-19-12-30-7-6-15(19)10-24/h4-5,8-9,11,13,15,19,29H,6-7,12H2,1-3H3,(H2,25,26,27,28). The highest BCUT2D eigenvalue weighted by Gasteiger charge is 2.27. The third kappa shape index (κ3) is 4.65. The Bertz CT molecular complexity index is 1040. The second-order valence-corrected chi connectivity index (χ2v) is 8.20. The van der Waals surface area contributed by atoms with Crippen LogP contribution in [0.3, 0.4) is 0 Å². The van der Waals surface area contributed by atoms with Gasteiger partial charge in [-0.25, -0.2) is 4.98 Å². The van der Waals surface area contributed by atoms with Crippen LogP contribution in [0.25, 0.3) is 5.57 Å². The monoisotopic (exact) mass is 419 g/mol. The smallest absolute Gasteiger partial charge is 0.532 e. The molecule has 1 aromatic carbocycles. The molecule has 0 aliphatic carbocycles. The molecule has 2 aliphatic heterocycles. The van der Waals surface area contributed by atoms with Gasteiger partial charge in [-0.1, -0.05) is 13.8 Å². The fourth-order valence-electron chi connectivity index (χ4n) is 3.83. The van der Waals surface area contributed by atoms with Crippen LogP contribution in [-0.4, -0.2) is 41.4 Å². The number of aryl methyl sites for hydroxylation is 1. The van der Waals surface area contributed by atoms with Gasteiger partial charge in [-0.3, -0.25) is 0 Å². The van der Waals surface area contributed by atoms with Gasteiger partial charge in [0.25, 0.3) is 0 Å². The van der Waals surface area contributed by atoms with Crippen LogP contribution in [0.4, 0.5) is 17.5 Å². The Morgan fingerprint density at radius 2 is 2.19 bits per heavy atom. The lowest BCUT2D eigenvalue weighted by Gasteiger charge is -2.28. The molecule has 31 heavy (non-hydrogen) atoms. The molecule has 1 fully saturated rings. The molecule has 2 aliphatic rings. The summed E-state index contributed by atoms with van der Waals surface area (Å²) in [5.41, 5.74) is 3.68. The summed E-state index contributed by atoms with van der Waals surface area (Å²) in [7, 11) is -0.932. The molecule has 4 rings (SSSR count). The Hall–Kier alpha value is -3.09. The number of benzene rings is 1. The number of fused-ring (bicyclic) bond motifs is 1. The maximum atomic E-state index is 9.94. The van der Waals surface area contributed by atoms with E-state index in [-0.39, 0.29) is 17.9 Å². The molecule has 160 valence electrons. The van der Waals surface area contributed by atoms with Crippen molar-refractivity contribution in [2.24, 2.45) is 11.8 Å². The average molecular weight is 419 g/mol. The first-order valence-electron chi connectivity index (χ1n) is 10.5. The Labute approximate surface area is 182 Å². The molecule has 3 heterocycles. The molecule has 0 bridgehead atoms. The highest BCUT2D eigenvalue weighted by atomic mass is 16.5. The summed E-state index contributed by atoms with van der Waals surface area (Å²) >= 11 is 0. The van der Waals surface area contributed by atoms with Gasteiger partial charge >= 0.3 is 7.12 Å². The summed E-state index contributed by atoms with van der Waals surface area (Å²) in [6.45, 7) is 7.18. The lowest BCUT2D eigenvalue weighted by molar-refractivity contribution is 0.0698. The molecule has 0 radical (unpaired) electrons. The van der Waals surface area contributed by atoms with Crippen LogP contribution in [0.15, 0.2) is 30.4 Å². The van der Waals surface area contributed by atoms with Crippen LogP contribution in [0.5, 0.6) is 5.75 Å². The molecule has 3 N–H and O–H groups in total. The van der Waals surface area contributed by atoms with Crippen LogP contribution in [0.2, 0.25) is 0 Å². The number of ether oxygens (including phenoxy) is 1. The summed E-state index contributed by atoms with van der Waals surface area (Å²) in [4.78, 5) is 9.02. The fraction of sp³-hybridized carbons (Fsp3) is 0.409. The van der Waals surface area contributed by atoms with E-state index in [2.05, 4.69) is 40.5 Å². The Kier molecular flexibility index (Phi) is 6.12. The van der Waals surface area contributed by atoms with Gasteiger partial charge in [0.15, 0.2) is 0 Å². The van der Waals surface area contributed by atoms with E-state index >= 15 is 0 Å². The van der Waals surface area contributed by atoms with Gasteiger partial charge in [-0.05, 0) is 49.0 Å². The summed E-state index contributed by atoms with van der Waals surface area (Å²) in [6, 6.07) is 7.93. The molecule has 8 nitrogen and oxygen atoms in total. The number of nitrogens with zero attached hydrogens (tertiary/aromatic N) is 3. The van der Waals surface area contributed by atoms with Crippen LogP contribution in [-0.2, 0) is 4.74 Å². The number of nitriles is 1. The van der Waals surface area contributed by atoms with E-state index < -0.39 is 7.12 Å².